The second-order valence-corrected chi connectivity index (χ2v) is 5.68. The molecule has 18 heavy (non-hydrogen) atoms. The van der Waals surface area contributed by atoms with Crippen molar-refractivity contribution in [1.29, 1.82) is 0 Å². The molecule has 1 saturated heterocycles. The molecule has 100 valence electrons. The minimum absolute atomic E-state index is 0.0578. The van der Waals surface area contributed by atoms with Crippen LogP contribution in [0.15, 0.2) is 22.7 Å². The Balaban J connectivity index is 2.27. The molecule has 1 aliphatic rings. The zero-order valence-electron chi connectivity index (χ0n) is 10.5. The molecular formula is C14H20BrNO2. The van der Waals surface area contributed by atoms with E-state index in [1.165, 1.54) is 19.3 Å². The van der Waals surface area contributed by atoms with Crippen molar-refractivity contribution in [3.8, 4) is 0 Å². The van der Waals surface area contributed by atoms with Crippen LogP contribution in [0.25, 0.3) is 0 Å². The van der Waals surface area contributed by atoms with Crippen molar-refractivity contribution in [3.63, 3.8) is 0 Å². The van der Waals surface area contributed by atoms with Gasteiger partial charge in [-0.15, -0.1) is 0 Å². The van der Waals surface area contributed by atoms with E-state index in [4.69, 9.17) is 5.11 Å². The number of nitrogens with zero attached hydrogens (tertiary/aromatic N) is 1. The van der Waals surface area contributed by atoms with Gasteiger partial charge in [-0.3, -0.25) is 0 Å². The van der Waals surface area contributed by atoms with Crippen molar-refractivity contribution < 1.29 is 10.2 Å². The standard InChI is InChI=1S/C14H20BrNO2/c15-13-8-11(9-17)5-6-14(13)16-7-3-1-2-4-12(16)10-18/h5-6,8,12,17-18H,1-4,7,9-10H2. The van der Waals surface area contributed by atoms with Crippen LogP contribution in [-0.4, -0.2) is 29.4 Å². The van der Waals surface area contributed by atoms with Gasteiger partial charge in [0.25, 0.3) is 0 Å². The Labute approximate surface area is 117 Å². The maximum absolute atomic E-state index is 9.54. The minimum Gasteiger partial charge on any atom is -0.394 e. The van der Waals surface area contributed by atoms with Crippen LogP contribution in [0.3, 0.4) is 0 Å². The molecule has 3 nitrogen and oxygen atoms in total. The highest BCUT2D eigenvalue weighted by atomic mass is 79.9. The van der Waals surface area contributed by atoms with Gasteiger partial charge in [0.1, 0.15) is 0 Å². The molecule has 0 amide bonds. The Morgan fingerprint density at radius 2 is 2.06 bits per heavy atom. The summed E-state index contributed by atoms with van der Waals surface area (Å²) >= 11 is 3.57. The highest BCUT2D eigenvalue weighted by Crippen LogP contribution is 2.31. The fourth-order valence-electron chi connectivity index (χ4n) is 2.57. The minimum atomic E-state index is 0.0578. The predicted octanol–water partition coefficient (Wildman–Crippen LogP) is 2.68. The third-order valence-electron chi connectivity index (χ3n) is 3.59. The number of halogens is 1. The fraction of sp³-hybridized carbons (Fsp3) is 0.571. The molecule has 1 aromatic rings. The van der Waals surface area contributed by atoms with Crippen LogP contribution in [-0.2, 0) is 6.61 Å². The normalized spacial score (nSPS) is 20.8. The van der Waals surface area contributed by atoms with Crippen molar-refractivity contribution in [2.24, 2.45) is 0 Å². The molecule has 1 heterocycles. The van der Waals surface area contributed by atoms with Crippen molar-refractivity contribution in [2.45, 2.75) is 38.3 Å². The average Bonchev–Trinajstić information content (AvgIpc) is 2.63. The lowest BCUT2D eigenvalue weighted by Crippen LogP contribution is -2.37. The molecule has 4 heteroatoms. The molecule has 1 aliphatic heterocycles. The SMILES string of the molecule is OCc1ccc(N2CCCCCC2CO)c(Br)c1. The maximum Gasteiger partial charge on any atom is 0.0682 e. The van der Waals surface area contributed by atoms with Gasteiger partial charge in [-0.1, -0.05) is 18.9 Å². The monoisotopic (exact) mass is 313 g/mol. The molecule has 2 rings (SSSR count). The van der Waals surface area contributed by atoms with Crippen molar-refractivity contribution in [1.82, 2.24) is 0 Å². The molecule has 0 radical (unpaired) electrons. The lowest BCUT2D eigenvalue weighted by molar-refractivity contribution is 0.255. The third kappa shape index (κ3) is 3.05. The molecule has 0 saturated carbocycles. The van der Waals surface area contributed by atoms with Gasteiger partial charge in [0.2, 0.25) is 0 Å². The number of hydrogen-bond acceptors (Lipinski definition) is 3. The summed E-state index contributed by atoms with van der Waals surface area (Å²) in [6, 6.07) is 6.14. The summed E-state index contributed by atoms with van der Waals surface area (Å²) in [7, 11) is 0. The Hall–Kier alpha value is -0.580. The van der Waals surface area contributed by atoms with E-state index in [9.17, 15) is 5.11 Å². The van der Waals surface area contributed by atoms with E-state index >= 15 is 0 Å². The van der Waals surface area contributed by atoms with Gasteiger partial charge in [0.15, 0.2) is 0 Å². The molecule has 1 aromatic carbocycles. The van der Waals surface area contributed by atoms with Crippen molar-refractivity contribution in [2.75, 3.05) is 18.1 Å². The van der Waals surface area contributed by atoms with E-state index < -0.39 is 0 Å². The van der Waals surface area contributed by atoms with Gasteiger partial charge in [-0.05, 0) is 46.5 Å². The van der Waals surface area contributed by atoms with Crippen LogP contribution in [0.2, 0.25) is 0 Å². The summed E-state index contributed by atoms with van der Waals surface area (Å²) in [6.07, 6.45) is 4.64. The first kappa shape index (κ1) is 13.8. The summed E-state index contributed by atoms with van der Waals surface area (Å²) in [4.78, 5) is 2.29. The first-order valence-corrected chi connectivity index (χ1v) is 7.32. The Bertz CT molecular complexity index is 397. The summed E-state index contributed by atoms with van der Waals surface area (Å²) in [5, 5.41) is 18.7. The number of benzene rings is 1. The lowest BCUT2D eigenvalue weighted by Gasteiger charge is -2.31. The summed E-state index contributed by atoms with van der Waals surface area (Å²) in [6.45, 7) is 1.25. The Morgan fingerprint density at radius 1 is 1.22 bits per heavy atom. The van der Waals surface area contributed by atoms with Gasteiger partial charge in [-0.25, -0.2) is 0 Å². The average molecular weight is 314 g/mol. The van der Waals surface area contributed by atoms with Gasteiger partial charge in [0.05, 0.1) is 24.9 Å². The number of hydrogen-bond donors (Lipinski definition) is 2. The van der Waals surface area contributed by atoms with Gasteiger partial charge >= 0.3 is 0 Å². The van der Waals surface area contributed by atoms with Gasteiger partial charge < -0.3 is 15.1 Å². The molecule has 1 atom stereocenters. The zero-order valence-corrected chi connectivity index (χ0v) is 12.1. The highest BCUT2D eigenvalue weighted by Gasteiger charge is 2.22. The van der Waals surface area contributed by atoms with Crippen LogP contribution < -0.4 is 4.90 Å². The molecule has 0 aliphatic carbocycles. The van der Waals surface area contributed by atoms with Crippen LogP contribution in [0.5, 0.6) is 0 Å². The largest absolute Gasteiger partial charge is 0.394 e. The predicted molar refractivity (Wildman–Crippen MR) is 76.8 cm³/mol. The Kier molecular flexibility index (Phi) is 5.03. The van der Waals surface area contributed by atoms with E-state index in [2.05, 4.69) is 20.8 Å². The topological polar surface area (TPSA) is 43.7 Å². The third-order valence-corrected chi connectivity index (χ3v) is 4.23. The lowest BCUT2D eigenvalue weighted by atomic mass is 10.1. The molecule has 1 unspecified atom stereocenters. The van der Waals surface area contributed by atoms with Crippen molar-refractivity contribution in [3.05, 3.63) is 28.2 Å². The van der Waals surface area contributed by atoms with Gasteiger partial charge in [-0.2, -0.15) is 0 Å². The smallest absolute Gasteiger partial charge is 0.0682 e. The van der Waals surface area contributed by atoms with Gasteiger partial charge in [0, 0.05) is 11.0 Å². The second kappa shape index (κ2) is 6.55. The second-order valence-electron chi connectivity index (χ2n) is 4.82. The molecule has 0 bridgehead atoms. The van der Waals surface area contributed by atoms with E-state index in [0.29, 0.717) is 0 Å². The first-order valence-electron chi connectivity index (χ1n) is 6.53. The van der Waals surface area contributed by atoms with Crippen LogP contribution >= 0.6 is 15.9 Å². The molecular weight excluding hydrogens is 294 g/mol. The Morgan fingerprint density at radius 3 is 2.72 bits per heavy atom. The van der Waals surface area contributed by atoms with Crippen LogP contribution in [0, 0.1) is 0 Å². The van der Waals surface area contributed by atoms with Crippen molar-refractivity contribution >= 4 is 21.6 Å². The highest BCUT2D eigenvalue weighted by molar-refractivity contribution is 9.10. The summed E-state index contributed by atoms with van der Waals surface area (Å²) < 4.78 is 0.995. The molecule has 2 N–H and O–H groups in total. The number of anilines is 1. The van der Waals surface area contributed by atoms with Crippen LogP contribution in [0.1, 0.15) is 31.2 Å². The number of aliphatic hydroxyl groups is 2. The molecule has 1 fully saturated rings. The van der Waals surface area contributed by atoms with E-state index in [1.807, 2.05) is 18.2 Å². The first-order chi connectivity index (χ1) is 8.76. The number of rotatable bonds is 3. The summed E-state index contributed by atoms with van der Waals surface area (Å²) in [5.74, 6) is 0. The van der Waals surface area contributed by atoms with E-state index in [0.717, 1.165) is 28.7 Å². The maximum atomic E-state index is 9.54. The fourth-order valence-corrected chi connectivity index (χ4v) is 3.22. The molecule has 0 spiro atoms. The van der Waals surface area contributed by atoms with Crippen LogP contribution in [0.4, 0.5) is 5.69 Å². The van der Waals surface area contributed by atoms with E-state index in [1.54, 1.807) is 0 Å². The quantitative estimate of drug-likeness (QED) is 0.901. The molecule has 0 aromatic heterocycles. The summed E-state index contributed by atoms with van der Waals surface area (Å²) in [5.41, 5.74) is 2.02. The zero-order chi connectivity index (χ0) is 13.0. The number of aliphatic hydroxyl groups excluding tert-OH is 2. The van der Waals surface area contributed by atoms with E-state index in [-0.39, 0.29) is 19.3 Å².